The van der Waals surface area contributed by atoms with Crippen LogP contribution in [0.3, 0.4) is 0 Å². The van der Waals surface area contributed by atoms with E-state index in [0.29, 0.717) is 0 Å². The Labute approximate surface area is 87.2 Å². The van der Waals surface area contributed by atoms with Crippen molar-refractivity contribution in [2.75, 3.05) is 6.54 Å². The Hall–Kier alpha value is -0.710. The minimum Gasteiger partial charge on any atom is -0.459 e. The van der Waals surface area contributed by atoms with Gasteiger partial charge in [-0.25, -0.2) is 8.78 Å². The van der Waals surface area contributed by atoms with Gasteiger partial charge >= 0.3 is 5.97 Å². The molecule has 0 bridgehead atoms. The van der Waals surface area contributed by atoms with Crippen molar-refractivity contribution in [1.29, 1.82) is 0 Å². The number of esters is 1. The van der Waals surface area contributed by atoms with Gasteiger partial charge in [0.25, 0.3) is 5.92 Å². The van der Waals surface area contributed by atoms with Crippen LogP contribution in [-0.4, -0.2) is 30.1 Å². The smallest absolute Gasteiger partial charge is 0.324 e. The summed E-state index contributed by atoms with van der Waals surface area (Å²) in [5.41, 5.74) is -0.624. The number of ether oxygens (including phenoxy) is 1. The molecule has 1 aliphatic carbocycles. The summed E-state index contributed by atoms with van der Waals surface area (Å²) in [7, 11) is 0. The third-order valence-corrected chi connectivity index (χ3v) is 2.84. The molecule has 0 aromatic carbocycles. The van der Waals surface area contributed by atoms with Gasteiger partial charge in [-0.2, -0.15) is 0 Å². The van der Waals surface area contributed by atoms with Gasteiger partial charge in [-0.15, -0.1) is 0 Å². The van der Waals surface area contributed by atoms with Crippen LogP contribution in [0.5, 0.6) is 0 Å². The van der Waals surface area contributed by atoms with Crippen molar-refractivity contribution >= 4 is 5.97 Å². The van der Waals surface area contributed by atoms with Crippen molar-refractivity contribution in [3.8, 4) is 0 Å². The largest absolute Gasteiger partial charge is 0.459 e. The summed E-state index contributed by atoms with van der Waals surface area (Å²) in [6.07, 6.45) is 0. The second-order valence-electron chi connectivity index (χ2n) is 5.23. The first-order chi connectivity index (χ1) is 6.73. The summed E-state index contributed by atoms with van der Waals surface area (Å²) in [5, 5.41) is 2.78. The molecular weight excluding hydrogens is 204 g/mol. The topological polar surface area (TPSA) is 38.3 Å². The van der Waals surface area contributed by atoms with Gasteiger partial charge in [0.2, 0.25) is 0 Å². The van der Waals surface area contributed by atoms with E-state index in [1.54, 1.807) is 20.8 Å². The van der Waals surface area contributed by atoms with E-state index in [-0.39, 0.29) is 6.54 Å². The van der Waals surface area contributed by atoms with Crippen LogP contribution in [0.2, 0.25) is 0 Å². The highest BCUT2D eigenvalue weighted by Crippen LogP contribution is 2.59. The molecule has 0 aromatic heterocycles. The van der Waals surface area contributed by atoms with Gasteiger partial charge < -0.3 is 10.1 Å². The highest BCUT2D eigenvalue weighted by Gasteiger charge is 2.75. The first-order valence-corrected chi connectivity index (χ1v) is 5.07. The van der Waals surface area contributed by atoms with Crippen LogP contribution in [0, 0.1) is 11.8 Å². The van der Waals surface area contributed by atoms with Crippen molar-refractivity contribution in [2.45, 2.75) is 38.3 Å². The van der Waals surface area contributed by atoms with Crippen molar-refractivity contribution in [1.82, 2.24) is 5.32 Å². The Bertz CT molecular complexity index is 298. The fourth-order valence-corrected chi connectivity index (χ4v) is 2.11. The Balaban J connectivity index is 1.99. The summed E-state index contributed by atoms with van der Waals surface area (Å²) >= 11 is 0. The van der Waals surface area contributed by atoms with Crippen LogP contribution < -0.4 is 5.32 Å². The summed E-state index contributed by atoms with van der Waals surface area (Å²) in [6.45, 7) is 5.38. The average molecular weight is 219 g/mol. The van der Waals surface area contributed by atoms with Crippen LogP contribution in [0.25, 0.3) is 0 Å². The molecule has 2 aliphatic rings. The number of hydrogen-bond donors (Lipinski definition) is 1. The van der Waals surface area contributed by atoms with E-state index >= 15 is 0 Å². The number of nitrogens with one attached hydrogen (secondary N) is 1. The van der Waals surface area contributed by atoms with Gasteiger partial charge in [0, 0.05) is 12.5 Å². The fourth-order valence-electron chi connectivity index (χ4n) is 2.11. The van der Waals surface area contributed by atoms with E-state index in [2.05, 4.69) is 5.32 Å². The average Bonchev–Trinajstić information content (AvgIpc) is 2.42. The molecule has 0 radical (unpaired) electrons. The quantitative estimate of drug-likeness (QED) is 0.673. The number of piperidine rings is 1. The zero-order chi connectivity index (χ0) is 11.4. The predicted octanol–water partition coefficient (Wildman–Crippen LogP) is 1.18. The number of carbonyl (C=O) groups excluding carboxylic acids is 1. The van der Waals surface area contributed by atoms with E-state index in [4.69, 9.17) is 4.74 Å². The van der Waals surface area contributed by atoms with Crippen molar-refractivity contribution in [2.24, 2.45) is 11.8 Å². The number of alkyl halides is 2. The van der Waals surface area contributed by atoms with Crippen molar-refractivity contribution < 1.29 is 18.3 Å². The van der Waals surface area contributed by atoms with Crippen molar-refractivity contribution in [3.05, 3.63) is 0 Å². The van der Waals surface area contributed by atoms with Gasteiger partial charge in [-0.05, 0) is 20.8 Å². The Morgan fingerprint density at radius 3 is 2.47 bits per heavy atom. The summed E-state index contributed by atoms with van der Waals surface area (Å²) in [6, 6.07) is -0.829. The molecule has 0 amide bonds. The maximum Gasteiger partial charge on any atom is 0.324 e. The molecule has 1 saturated heterocycles. The molecule has 15 heavy (non-hydrogen) atoms. The first kappa shape index (κ1) is 10.8. The zero-order valence-electron chi connectivity index (χ0n) is 9.01. The predicted molar refractivity (Wildman–Crippen MR) is 49.6 cm³/mol. The van der Waals surface area contributed by atoms with Gasteiger partial charge in [-0.3, -0.25) is 4.79 Å². The number of rotatable bonds is 1. The fraction of sp³-hybridized carbons (Fsp3) is 0.900. The summed E-state index contributed by atoms with van der Waals surface area (Å²) in [5.74, 6) is -4.76. The molecular formula is C10H15F2NO2. The van der Waals surface area contributed by atoms with Crippen molar-refractivity contribution in [3.63, 3.8) is 0 Å². The third-order valence-electron chi connectivity index (χ3n) is 2.84. The number of hydrogen-bond acceptors (Lipinski definition) is 3. The standard InChI is InChI=1S/C10H15F2NO2/c1-9(2,3)15-8(14)7-6-5(4-13-7)10(6,11)12/h5-7,13H,4H2,1-3H3. The molecule has 3 nitrogen and oxygen atoms in total. The first-order valence-electron chi connectivity index (χ1n) is 5.07. The number of carbonyl (C=O) groups is 1. The molecule has 86 valence electrons. The molecule has 2 fully saturated rings. The van der Waals surface area contributed by atoms with Gasteiger partial charge in [0.05, 0.1) is 5.92 Å². The lowest BCUT2D eigenvalue weighted by Gasteiger charge is -2.23. The number of fused-ring (bicyclic) bond motifs is 1. The lowest BCUT2D eigenvalue weighted by atomic mass is 10.1. The molecule has 1 N–H and O–H groups in total. The second kappa shape index (κ2) is 2.90. The highest BCUT2D eigenvalue weighted by molar-refractivity contribution is 5.78. The highest BCUT2D eigenvalue weighted by atomic mass is 19.3. The van der Waals surface area contributed by atoms with E-state index in [1.807, 2.05) is 0 Å². The van der Waals surface area contributed by atoms with E-state index < -0.39 is 35.4 Å². The van der Waals surface area contributed by atoms with Gasteiger partial charge in [0.15, 0.2) is 0 Å². The lowest BCUT2D eigenvalue weighted by molar-refractivity contribution is -0.158. The SMILES string of the molecule is CC(C)(C)OC(=O)C1NCC2C1C2(F)F. The van der Waals surface area contributed by atoms with E-state index in [0.717, 1.165) is 0 Å². The maximum atomic E-state index is 13.0. The lowest BCUT2D eigenvalue weighted by Crippen LogP contribution is -2.42. The van der Waals surface area contributed by atoms with Crippen LogP contribution in [-0.2, 0) is 9.53 Å². The molecule has 1 saturated carbocycles. The Morgan fingerprint density at radius 2 is 2.07 bits per heavy atom. The Morgan fingerprint density at radius 1 is 1.47 bits per heavy atom. The van der Waals surface area contributed by atoms with Crippen LogP contribution in [0.4, 0.5) is 8.78 Å². The molecule has 0 aromatic rings. The Kier molecular flexibility index (Phi) is 2.09. The minimum atomic E-state index is -2.67. The molecule has 1 heterocycles. The molecule has 3 unspecified atom stereocenters. The molecule has 5 heteroatoms. The zero-order valence-corrected chi connectivity index (χ0v) is 9.01. The van der Waals surface area contributed by atoms with Gasteiger partial charge in [0.1, 0.15) is 11.6 Å². The van der Waals surface area contributed by atoms with E-state index in [9.17, 15) is 13.6 Å². The van der Waals surface area contributed by atoms with Gasteiger partial charge in [-0.1, -0.05) is 0 Å². The molecule has 1 aliphatic heterocycles. The van der Waals surface area contributed by atoms with Crippen LogP contribution in [0.15, 0.2) is 0 Å². The van der Waals surface area contributed by atoms with Crippen LogP contribution in [0.1, 0.15) is 20.8 Å². The van der Waals surface area contributed by atoms with Crippen LogP contribution >= 0.6 is 0 Å². The third kappa shape index (κ3) is 1.73. The summed E-state index contributed by atoms with van der Waals surface area (Å²) < 4.78 is 31.2. The molecule has 0 spiro atoms. The summed E-state index contributed by atoms with van der Waals surface area (Å²) in [4.78, 5) is 11.6. The second-order valence-corrected chi connectivity index (χ2v) is 5.23. The minimum absolute atomic E-state index is 0.210. The maximum absolute atomic E-state index is 13.0. The monoisotopic (exact) mass is 219 g/mol. The number of halogens is 2. The molecule has 3 atom stereocenters. The molecule has 2 rings (SSSR count). The van der Waals surface area contributed by atoms with E-state index in [1.165, 1.54) is 0 Å². The normalized spacial score (nSPS) is 37.3.